The van der Waals surface area contributed by atoms with E-state index in [0.29, 0.717) is 11.4 Å². The molecule has 0 spiro atoms. The number of hydrogen-bond donors (Lipinski definition) is 3. The second-order valence-electron chi connectivity index (χ2n) is 6.07. The Hall–Kier alpha value is -3.60. The van der Waals surface area contributed by atoms with E-state index in [1.54, 1.807) is 31.3 Å². The van der Waals surface area contributed by atoms with Crippen molar-refractivity contribution in [3.05, 3.63) is 84.4 Å². The van der Waals surface area contributed by atoms with E-state index in [2.05, 4.69) is 28.1 Å². The highest BCUT2D eigenvalue weighted by Crippen LogP contribution is 2.20. The third-order valence-electron chi connectivity index (χ3n) is 4.06. The maximum atomic E-state index is 12.3. The maximum Gasteiger partial charge on any atom is 0.318 e. The summed E-state index contributed by atoms with van der Waals surface area (Å²) in [5.74, 6) is -0.112. The topological polar surface area (TPSA) is 70.2 Å². The van der Waals surface area contributed by atoms with Crippen LogP contribution < -0.4 is 16.0 Å². The van der Waals surface area contributed by atoms with E-state index >= 15 is 0 Å². The van der Waals surface area contributed by atoms with Crippen molar-refractivity contribution in [3.63, 3.8) is 0 Å². The number of carbonyl (C=O) groups excluding carboxylic acids is 2. The van der Waals surface area contributed by atoms with Gasteiger partial charge in [-0.3, -0.25) is 4.79 Å². The minimum Gasteiger partial charge on any atom is -0.341 e. The number of urea groups is 1. The number of amides is 3. The summed E-state index contributed by atoms with van der Waals surface area (Å²) in [6.45, 7) is 0. The Morgan fingerprint density at radius 3 is 2.04 bits per heavy atom. The van der Waals surface area contributed by atoms with Gasteiger partial charge >= 0.3 is 6.03 Å². The van der Waals surface area contributed by atoms with E-state index in [-0.39, 0.29) is 18.4 Å². The molecule has 0 aromatic heterocycles. The third kappa shape index (κ3) is 5.19. The molecule has 3 aromatic carbocycles. The quantitative estimate of drug-likeness (QED) is 0.636. The Balaban J connectivity index is 1.61. The van der Waals surface area contributed by atoms with Crippen LogP contribution in [-0.2, 0) is 11.2 Å². The van der Waals surface area contributed by atoms with Crippen molar-refractivity contribution in [2.24, 2.45) is 0 Å². The molecule has 0 radical (unpaired) electrons. The molecule has 0 heterocycles. The lowest BCUT2D eigenvalue weighted by atomic mass is 10.0. The van der Waals surface area contributed by atoms with Gasteiger partial charge in [0.25, 0.3) is 0 Å². The molecular weight excluding hydrogens is 338 g/mol. The van der Waals surface area contributed by atoms with Crippen LogP contribution in [0.4, 0.5) is 16.2 Å². The summed E-state index contributed by atoms with van der Waals surface area (Å²) in [5, 5.41) is 8.02. The first kappa shape index (κ1) is 18.2. The summed E-state index contributed by atoms with van der Waals surface area (Å²) in [6, 6.07) is 24.8. The predicted octanol–water partition coefficient (Wildman–Crippen LogP) is 4.29. The summed E-state index contributed by atoms with van der Waals surface area (Å²) < 4.78 is 0. The van der Waals surface area contributed by atoms with Gasteiger partial charge in [-0.1, -0.05) is 60.7 Å². The highest BCUT2D eigenvalue weighted by molar-refractivity contribution is 5.94. The van der Waals surface area contributed by atoms with Crippen LogP contribution in [-0.4, -0.2) is 19.0 Å². The van der Waals surface area contributed by atoms with Crippen LogP contribution in [0, 0.1) is 0 Å². The Morgan fingerprint density at radius 2 is 1.37 bits per heavy atom. The van der Waals surface area contributed by atoms with Crippen molar-refractivity contribution < 1.29 is 9.59 Å². The lowest BCUT2D eigenvalue weighted by Crippen LogP contribution is -2.24. The fraction of sp³-hybridized carbons (Fsp3) is 0.0909. The SMILES string of the molecule is CNC(=O)Nc1cccc(NC(=O)Cc2ccc(-c3ccccc3)cc2)c1. The first-order chi connectivity index (χ1) is 13.1. The normalized spacial score (nSPS) is 10.1. The third-order valence-corrected chi connectivity index (χ3v) is 4.06. The first-order valence-corrected chi connectivity index (χ1v) is 8.67. The highest BCUT2D eigenvalue weighted by Gasteiger charge is 2.06. The van der Waals surface area contributed by atoms with Gasteiger partial charge in [0, 0.05) is 18.4 Å². The van der Waals surface area contributed by atoms with Crippen LogP contribution >= 0.6 is 0 Å². The van der Waals surface area contributed by atoms with Crippen molar-refractivity contribution >= 4 is 23.3 Å². The number of nitrogens with one attached hydrogen (secondary N) is 3. The second kappa shape index (κ2) is 8.67. The molecule has 5 nitrogen and oxygen atoms in total. The summed E-state index contributed by atoms with van der Waals surface area (Å²) >= 11 is 0. The zero-order chi connectivity index (χ0) is 19.1. The first-order valence-electron chi connectivity index (χ1n) is 8.67. The fourth-order valence-electron chi connectivity index (χ4n) is 2.70. The minimum atomic E-state index is -0.308. The number of anilines is 2. The van der Waals surface area contributed by atoms with Crippen molar-refractivity contribution in [3.8, 4) is 11.1 Å². The molecule has 0 saturated heterocycles. The van der Waals surface area contributed by atoms with E-state index in [1.165, 1.54) is 0 Å². The molecule has 3 aromatic rings. The van der Waals surface area contributed by atoms with Crippen LogP contribution in [0.25, 0.3) is 11.1 Å². The van der Waals surface area contributed by atoms with Gasteiger partial charge in [-0.05, 0) is 34.9 Å². The van der Waals surface area contributed by atoms with Crippen molar-refractivity contribution in [2.45, 2.75) is 6.42 Å². The standard InChI is InChI=1S/C22H21N3O2/c1-23-22(27)25-20-9-5-8-19(15-20)24-21(26)14-16-10-12-18(13-11-16)17-6-3-2-4-7-17/h2-13,15H,14H2,1H3,(H,24,26)(H2,23,25,27). The van der Waals surface area contributed by atoms with E-state index in [4.69, 9.17) is 0 Å². The molecule has 0 unspecified atom stereocenters. The zero-order valence-electron chi connectivity index (χ0n) is 15.0. The number of benzene rings is 3. The van der Waals surface area contributed by atoms with Crippen molar-refractivity contribution in [1.82, 2.24) is 5.32 Å². The van der Waals surface area contributed by atoms with Gasteiger partial charge in [-0.2, -0.15) is 0 Å². The molecule has 0 aliphatic rings. The Kier molecular flexibility index (Phi) is 5.84. The predicted molar refractivity (Wildman–Crippen MR) is 109 cm³/mol. The highest BCUT2D eigenvalue weighted by atomic mass is 16.2. The lowest BCUT2D eigenvalue weighted by Gasteiger charge is -2.09. The monoisotopic (exact) mass is 359 g/mol. The van der Waals surface area contributed by atoms with E-state index in [1.807, 2.05) is 42.5 Å². The van der Waals surface area contributed by atoms with Gasteiger partial charge < -0.3 is 16.0 Å². The summed E-state index contributed by atoms with van der Waals surface area (Å²) in [6.07, 6.45) is 0.280. The van der Waals surface area contributed by atoms with Crippen molar-refractivity contribution in [1.29, 1.82) is 0 Å². The number of hydrogen-bond acceptors (Lipinski definition) is 2. The molecule has 27 heavy (non-hydrogen) atoms. The summed E-state index contributed by atoms with van der Waals surface area (Å²) in [5.41, 5.74) is 4.45. The molecule has 3 rings (SSSR count). The Bertz CT molecular complexity index is 922. The maximum absolute atomic E-state index is 12.3. The van der Waals surface area contributed by atoms with Gasteiger partial charge in [0.2, 0.25) is 5.91 Å². The number of carbonyl (C=O) groups is 2. The molecule has 3 amide bonds. The van der Waals surface area contributed by atoms with Gasteiger partial charge in [-0.25, -0.2) is 4.79 Å². The summed E-state index contributed by atoms with van der Waals surface area (Å²) in [4.78, 5) is 23.7. The summed E-state index contributed by atoms with van der Waals surface area (Å²) in [7, 11) is 1.55. The Morgan fingerprint density at radius 1 is 0.741 bits per heavy atom. The van der Waals surface area contributed by atoms with E-state index < -0.39 is 0 Å². The molecule has 0 aliphatic carbocycles. The average Bonchev–Trinajstić information content (AvgIpc) is 2.69. The van der Waals surface area contributed by atoms with Crippen LogP contribution in [0.2, 0.25) is 0 Å². The average molecular weight is 359 g/mol. The van der Waals surface area contributed by atoms with E-state index in [0.717, 1.165) is 16.7 Å². The molecule has 0 fully saturated rings. The lowest BCUT2D eigenvalue weighted by molar-refractivity contribution is -0.115. The number of rotatable bonds is 5. The van der Waals surface area contributed by atoms with Gasteiger partial charge in [0.15, 0.2) is 0 Å². The molecule has 3 N–H and O–H groups in total. The second-order valence-corrected chi connectivity index (χ2v) is 6.07. The molecule has 0 atom stereocenters. The molecule has 0 bridgehead atoms. The smallest absolute Gasteiger partial charge is 0.318 e. The molecule has 136 valence electrons. The Labute approximate surface area is 158 Å². The van der Waals surface area contributed by atoms with Crippen molar-refractivity contribution in [2.75, 3.05) is 17.7 Å². The minimum absolute atomic E-state index is 0.112. The fourth-order valence-corrected chi connectivity index (χ4v) is 2.70. The molecule has 0 saturated carbocycles. The van der Waals surface area contributed by atoms with E-state index in [9.17, 15) is 9.59 Å². The van der Waals surface area contributed by atoms with Gasteiger partial charge in [-0.15, -0.1) is 0 Å². The molecule has 5 heteroatoms. The zero-order valence-corrected chi connectivity index (χ0v) is 15.0. The van der Waals surface area contributed by atoms with Gasteiger partial charge in [0.05, 0.1) is 6.42 Å². The largest absolute Gasteiger partial charge is 0.341 e. The van der Waals surface area contributed by atoms with Crippen LogP contribution in [0.15, 0.2) is 78.9 Å². The van der Waals surface area contributed by atoms with Crippen LogP contribution in [0.3, 0.4) is 0 Å². The molecule has 0 aliphatic heterocycles. The molecular formula is C22H21N3O2. The van der Waals surface area contributed by atoms with Crippen LogP contribution in [0.5, 0.6) is 0 Å². The van der Waals surface area contributed by atoms with Gasteiger partial charge in [0.1, 0.15) is 0 Å². The van der Waals surface area contributed by atoms with Crippen LogP contribution in [0.1, 0.15) is 5.56 Å².